The Bertz CT molecular complexity index is 223. The molecular formula is C9H10NO2. The molecule has 12 heavy (non-hydrogen) atoms. The van der Waals surface area contributed by atoms with Gasteiger partial charge in [0.05, 0.1) is 6.61 Å². The van der Waals surface area contributed by atoms with E-state index >= 15 is 0 Å². The molecule has 0 aromatic carbocycles. The van der Waals surface area contributed by atoms with E-state index in [0.29, 0.717) is 6.61 Å². The largest absolute Gasteiger partial charge is 0.373 e. The highest BCUT2D eigenvalue weighted by molar-refractivity contribution is 5.51. The molecule has 0 fully saturated rings. The predicted octanol–water partition coefficient (Wildman–Crippen LogP) is 0.750. The zero-order valence-electron chi connectivity index (χ0n) is 6.69. The van der Waals surface area contributed by atoms with Crippen molar-refractivity contribution in [2.75, 3.05) is 13.2 Å². The number of hydrogen-bond acceptors (Lipinski definition) is 3. The average molecular weight is 164 g/mol. The van der Waals surface area contributed by atoms with E-state index in [1.165, 1.54) is 0 Å². The third-order valence-electron chi connectivity index (χ3n) is 1.39. The Kier molecular flexibility index (Phi) is 4.02. The zero-order chi connectivity index (χ0) is 8.65. The molecule has 1 heterocycles. The maximum absolute atomic E-state index is 9.75. The van der Waals surface area contributed by atoms with Gasteiger partial charge in [-0.3, -0.25) is 9.78 Å². The summed E-state index contributed by atoms with van der Waals surface area (Å²) >= 11 is 0. The van der Waals surface area contributed by atoms with E-state index < -0.39 is 0 Å². The van der Waals surface area contributed by atoms with Gasteiger partial charge in [0.25, 0.3) is 0 Å². The van der Waals surface area contributed by atoms with Crippen molar-refractivity contribution in [2.24, 2.45) is 0 Å². The normalized spacial score (nSPS) is 9.67. The third kappa shape index (κ3) is 3.25. The Morgan fingerprint density at radius 1 is 1.50 bits per heavy atom. The molecule has 0 amide bonds. The lowest BCUT2D eigenvalue weighted by molar-refractivity contribution is 0.172. The topological polar surface area (TPSA) is 39.2 Å². The summed E-state index contributed by atoms with van der Waals surface area (Å²) in [4.78, 5) is 13.8. The number of rotatable bonds is 5. The summed E-state index contributed by atoms with van der Waals surface area (Å²) in [7, 11) is 0. The number of nitrogens with zero attached hydrogens (tertiary/aromatic N) is 1. The molecule has 0 spiro atoms. The molecule has 1 aromatic heterocycles. The minimum absolute atomic E-state index is 0.0484. The van der Waals surface area contributed by atoms with Crippen LogP contribution in [0.5, 0.6) is 0 Å². The maximum atomic E-state index is 9.75. The highest BCUT2D eigenvalue weighted by Crippen LogP contribution is 1.94. The minimum atomic E-state index is 0.0484. The summed E-state index contributed by atoms with van der Waals surface area (Å²) < 4.78 is 4.92. The lowest BCUT2D eigenvalue weighted by Crippen LogP contribution is -2.01. The first-order valence-electron chi connectivity index (χ1n) is 3.76. The monoisotopic (exact) mass is 164 g/mol. The zero-order valence-corrected chi connectivity index (χ0v) is 6.69. The van der Waals surface area contributed by atoms with E-state index in [-0.39, 0.29) is 6.61 Å². The Balaban J connectivity index is 2.20. The lowest BCUT2D eigenvalue weighted by Gasteiger charge is -1.98. The molecular weight excluding hydrogens is 154 g/mol. The molecule has 0 saturated heterocycles. The van der Waals surface area contributed by atoms with Crippen molar-refractivity contribution in [3.05, 3.63) is 30.1 Å². The first-order chi connectivity index (χ1) is 5.93. The molecule has 1 rings (SSSR count). The van der Waals surface area contributed by atoms with Crippen LogP contribution in [0, 0.1) is 0 Å². The summed E-state index contributed by atoms with van der Waals surface area (Å²) in [5, 5.41) is 0. The maximum Gasteiger partial charge on any atom is 0.226 e. The Morgan fingerprint density at radius 3 is 3.08 bits per heavy atom. The van der Waals surface area contributed by atoms with Crippen molar-refractivity contribution in [3.63, 3.8) is 0 Å². The van der Waals surface area contributed by atoms with Crippen LogP contribution in [0.1, 0.15) is 5.69 Å². The molecule has 0 unspecified atom stereocenters. The van der Waals surface area contributed by atoms with E-state index in [2.05, 4.69) is 4.98 Å². The van der Waals surface area contributed by atoms with Crippen LogP contribution >= 0.6 is 0 Å². The van der Waals surface area contributed by atoms with E-state index in [1.54, 1.807) is 12.5 Å². The van der Waals surface area contributed by atoms with Gasteiger partial charge in [-0.1, -0.05) is 6.07 Å². The quantitative estimate of drug-likeness (QED) is 0.603. The molecule has 1 radical (unpaired) electrons. The van der Waals surface area contributed by atoms with Gasteiger partial charge in [0.2, 0.25) is 6.29 Å². The van der Waals surface area contributed by atoms with Gasteiger partial charge in [-0.15, -0.1) is 0 Å². The number of carbonyl (C=O) groups excluding carboxylic acids is 1. The van der Waals surface area contributed by atoms with Gasteiger partial charge in [-0.25, -0.2) is 0 Å². The van der Waals surface area contributed by atoms with Crippen LogP contribution in [0.2, 0.25) is 0 Å². The summed E-state index contributed by atoms with van der Waals surface area (Å²) in [6, 6.07) is 5.71. The number of pyridine rings is 1. The van der Waals surface area contributed by atoms with E-state index in [4.69, 9.17) is 4.74 Å². The van der Waals surface area contributed by atoms with Crippen molar-refractivity contribution < 1.29 is 9.53 Å². The standard InChI is InChI=1S/C9H10NO2/c11-6-8-12-7-4-9-3-1-2-5-10-9/h1-3,5H,4,7-8H2. The van der Waals surface area contributed by atoms with Gasteiger partial charge in [0.1, 0.15) is 6.61 Å². The Hall–Kier alpha value is -1.22. The van der Waals surface area contributed by atoms with Gasteiger partial charge in [-0.05, 0) is 12.1 Å². The number of aromatic nitrogens is 1. The summed E-state index contributed by atoms with van der Waals surface area (Å²) in [6.45, 7) is 0.569. The lowest BCUT2D eigenvalue weighted by atomic mass is 10.3. The number of hydrogen-bond donors (Lipinski definition) is 0. The first-order valence-corrected chi connectivity index (χ1v) is 3.76. The molecule has 63 valence electrons. The van der Waals surface area contributed by atoms with Crippen LogP contribution in [-0.2, 0) is 16.0 Å². The molecule has 0 aliphatic heterocycles. The fourth-order valence-electron chi connectivity index (χ4n) is 0.837. The minimum Gasteiger partial charge on any atom is -0.373 e. The predicted molar refractivity (Wildman–Crippen MR) is 44.5 cm³/mol. The fraction of sp³-hybridized carbons (Fsp3) is 0.333. The number of ether oxygens (including phenoxy) is 1. The van der Waals surface area contributed by atoms with Crippen LogP contribution in [0.4, 0.5) is 0 Å². The van der Waals surface area contributed by atoms with Crippen LogP contribution in [0.15, 0.2) is 24.4 Å². The van der Waals surface area contributed by atoms with Crippen molar-refractivity contribution >= 4 is 6.29 Å². The van der Waals surface area contributed by atoms with Crippen LogP contribution < -0.4 is 0 Å². The van der Waals surface area contributed by atoms with Gasteiger partial charge in [0, 0.05) is 18.3 Å². The SMILES string of the molecule is O=[C]COCCc1ccccn1. The second kappa shape index (κ2) is 5.43. The summed E-state index contributed by atoms with van der Waals surface area (Å²) in [5.41, 5.74) is 0.975. The second-order valence-corrected chi connectivity index (χ2v) is 2.27. The van der Waals surface area contributed by atoms with Gasteiger partial charge < -0.3 is 4.74 Å². The third-order valence-corrected chi connectivity index (χ3v) is 1.39. The van der Waals surface area contributed by atoms with Crippen LogP contribution in [-0.4, -0.2) is 24.5 Å². The van der Waals surface area contributed by atoms with Crippen molar-refractivity contribution in [1.29, 1.82) is 0 Å². The molecule has 0 aliphatic carbocycles. The summed E-state index contributed by atoms with van der Waals surface area (Å²) in [6.07, 6.45) is 4.14. The second-order valence-electron chi connectivity index (χ2n) is 2.27. The molecule has 0 N–H and O–H groups in total. The van der Waals surface area contributed by atoms with Crippen LogP contribution in [0.25, 0.3) is 0 Å². The van der Waals surface area contributed by atoms with Crippen molar-refractivity contribution in [2.45, 2.75) is 6.42 Å². The molecule has 0 saturated carbocycles. The molecule has 3 heteroatoms. The Morgan fingerprint density at radius 2 is 2.42 bits per heavy atom. The molecule has 0 aliphatic rings. The van der Waals surface area contributed by atoms with Gasteiger partial charge >= 0.3 is 0 Å². The van der Waals surface area contributed by atoms with Crippen molar-refractivity contribution in [1.82, 2.24) is 4.98 Å². The van der Waals surface area contributed by atoms with E-state index in [9.17, 15) is 4.79 Å². The first kappa shape index (κ1) is 8.87. The smallest absolute Gasteiger partial charge is 0.226 e. The highest BCUT2D eigenvalue weighted by Gasteiger charge is 1.92. The molecule has 3 nitrogen and oxygen atoms in total. The average Bonchev–Trinajstić information content (AvgIpc) is 2.14. The Labute approximate surface area is 71.4 Å². The fourth-order valence-corrected chi connectivity index (χ4v) is 0.837. The molecule has 1 aromatic rings. The van der Waals surface area contributed by atoms with Gasteiger partial charge in [0.15, 0.2) is 0 Å². The van der Waals surface area contributed by atoms with Gasteiger partial charge in [-0.2, -0.15) is 0 Å². The highest BCUT2D eigenvalue weighted by atomic mass is 16.5. The molecule has 0 atom stereocenters. The van der Waals surface area contributed by atoms with E-state index in [1.807, 2.05) is 18.2 Å². The van der Waals surface area contributed by atoms with Crippen molar-refractivity contribution in [3.8, 4) is 0 Å². The van der Waals surface area contributed by atoms with Crippen LogP contribution in [0.3, 0.4) is 0 Å². The summed E-state index contributed by atoms with van der Waals surface area (Å²) in [5.74, 6) is 0. The molecule has 0 bridgehead atoms. The van der Waals surface area contributed by atoms with E-state index in [0.717, 1.165) is 12.1 Å².